The van der Waals surface area contributed by atoms with Crippen LogP contribution in [0.4, 0.5) is 5.69 Å². The topological polar surface area (TPSA) is 108 Å². The van der Waals surface area contributed by atoms with E-state index in [1.165, 1.54) is 10.6 Å². The average molecular weight is 513 g/mol. The van der Waals surface area contributed by atoms with Crippen LogP contribution in [0.15, 0.2) is 68.6 Å². The Morgan fingerprint density at radius 2 is 1.87 bits per heavy atom. The van der Waals surface area contributed by atoms with Gasteiger partial charge in [0.1, 0.15) is 17.0 Å². The maximum atomic E-state index is 13.5. The van der Waals surface area contributed by atoms with Crippen molar-refractivity contribution in [2.45, 2.75) is 40.2 Å². The van der Waals surface area contributed by atoms with E-state index >= 15 is 0 Å². The Kier molecular flexibility index (Phi) is 6.59. The number of carbonyl (C=O) groups is 1. The molecule has 0 aliphatic heterocycles. The maximum absolute atomic E-state index is 13.5. The fraction of sp³-hybridized carbons (Fsp3) is 0.241. The molecule has 1 amide bonds. The summed E-state index contributed by atoms with van der Waals surface area (Å²) in [5.41, 5.74) is 4.47. The van der Waals surface area contributed by atoms with Gasteiger partial charge in [0.25, 0.3) is 5.56 Å². The van der Waals surface area contributed by atoms with Gasteiger partial charge in [-0.3, -0.25) is 9.59 Å². The van der Waals surface area contributed by atoms with Crippen LogP contribution >= 0.6 is 0 Å². The van der Waals surface area contributed by atoms with Crippen molar-refractivity contribution < 1.29 is 13.9 Å². The Hall–Kier alpha value is -4.66. The monoisotopic (exact) mass is 512 g/mol. The summed E-state index contributed by atoms with van der Waals surface area (Å²) in [4.78, 5) is 38.0. The predicted octanol–water partition coefficient (Wildman–Crippen LogP) is 4.49. The Morgan fingerprint density at radius 3 is 2.63 bits per heavy atom. The molecule has 0 spiro atoms. The minimum absolute atomic E-state index is 0.0989. The molecule has 9 nitrogen and oxygen atoms in total. The Bertz CT molecular complexity index is 1810. The molecule has 2 aromatic carbocycles. The number of methoxy groups -OCH3 is 1. The van der Waals surface area contributed by atoms with Crippen LogP contribution in [-0.4, -0.2) is 27.2 Å². The number of fused-ring (bicyclic) bond motifs is 2. The molecular formula is C29H28N4O5. The van der Waals surface area contributed by atoms with Crippen molar-refractivity contribution in [3.8, 4) is 17.0 Å². The fourth-order valence-electron chi connectivity index (χ4n) is 4.87. The van der Waals surface area contributed by atoms with Gasteiger partial charge in [0.15, 0.2) is 0 Å². The number of hydrogen-bond donors (Lipinski definition) is 1. The van der Waals surface area contributed by atoms with Gasteiger partial charge in [0.05, 0.1) is 12.8 Å². The molecule has 5 aromatic rings. The van der Waals surface area contributed by atoms with Gasteiger partial charge in [-0.05, 0) is 57.0 Å². The lowest BCUT2D eigenvalue weighted by Gasteiger charge is -2.14. The first-order valence-electron chi connectivity index (χ1n) is 12.4. The molecule has 0 bridgehead atoms. The number of anilines is 1. The summed E-state index contributed by atoms with van der Waals surface area (Å²) in [6.45, 7) is 6.36. The number of nitrogens with one attached hydrogen (secondary N) is 1. The number of aromatic nitrogens is 3. The first-order chi connectivity index (χ1) is 18.3. The zero-order chi connectivity index (χ0) is 27.0. The molecular weight excluding hydrogens is 484 g/mol. The molecule has 1 N–H and O–H groups in total. The fourth-order valence-corrected chi connectivity index (χ4v) is 4.87. The Morgan fingerprint density at radius 1 is 1.08 bits per heavy atom. The zero-order valence-corrected chi connectivity index (χ0v) is 21.7. The minimum Gasteiger partial charge on any atom is -0.496 e. The van der Waals surface area contributed by atoms with Crippen molar-refractivity contribution in [3.05, 3.63) is 92.2 Å². The molecule has 0 atom stereocenters. The number of rotatable bonds is 7. The molecule has 0 unspecified atom stereocenters. The van der Waals surface area contributed by atoms with Crippen LogP contribution < -0.4 is 21.2 Å². The molecule has 194 valence electrons. The molecule has 0 radical (unpaired) electrons. The number of carbonyl (C=O) groups excluding carboxylic acids is 1. The molecule has 0 fully saturated rings. The Balaban J connectivity index is 1.43. The lowest BCUT2D eigenvalue weighted by molar-refractivity contribution is -0.116. The number of amides is 1. The number of hydrogen-bond acceptors (Lipinski definition) is 6. The van der Waals surface area contributed by atoms with Crippen molar-refractivity contribution >= 4 is 28.2 Å². The van der Waals surface area contributed by atoms with E-state index in [2.05, 4.69) is 10.4 Å². The molecule has 3 heterocycles. The van der Waals surface area contributed by atoms with E-state index < -0.39 is 5.63 Å². The number of ether oxygens (including phenoxy) is 1. The molecule has 3 aromatic heterocycles. The van der Waals surface area contributed by atoms with E-state index in [1.807, 2.05) is 55.7 Å². The normalized spacial score (nSPS) is 11.3. The van der Waals surface area contributed by atoms with Crippen LogP contribution in [0, 0.1) is 13.8 Å². The highest BCUT2D eigenvalue weighted by Crippen LogP contribution is 2.29. The van der Waals surface area contributed by atoms with Crippen LogP contribution in [0.2, 0.25) is 0 Å². The van der Waals surface area contributed by atoms with E-state index in [4.69, 9.17) is 9.15 Å². The third-order valence-corrected chi connectivity index (χ3v) is 6.80. The van der Waals surface area contributed by atoms with Crippen molar-refractivity contribution in [3.63, 3.8) is 0 Å². The highest BCUT2D eigenvalue weighted by atomic mass is 16.5. The van der Waals surface area contributed by atoms with Crippen LogP contribution in [0.25, 0.3) is 27.9 Å². The van der Waals surface area contributed by atoms with Crippen LogP contribution in [-0.2, 0) is 17.8 Å². The highest BCUT2D eigenvalue weighted by molar-refractivity contribution is 5.93. The second-order valence-electron chi connectivity index (χ2n) is 9.12. The third kappa shape index (κ3) is 4.47. The van der Waals surface area contributed by atoms with Crippen molar-refractivity contribution in [2.75, 3.05) is 12.4 Å². The number of benzene rings is 2. The van der Waals surface area contributed by atoms with E-state index in [9.17, 15) is 14.4 Å². The smallest absolute Gasteiger partial charge is 0.336 e. The first-order valence-corrected chi connectivity index (χ1v) is 12.4. The van der Waals surface area contributed by atoms with Crippen LogP contribution in [0.5, 0.6) is 5.75 Å². The summed E-state index contributed by atoms with van der Waals surface area (Å²) in [7, 11) is 1.60. The van der Waals surface area contributed by atoms with Gasteiger partial charge in [-0.15, -0.1) is 0 Å². The summed E-state index contributed by atoms with van der Waals surface area (Å²) >= 11 is 0. The lowest BCUT2D eigenvalue weighted by atomic mass is 10.1. The minimum atomic E-state index is -0.441. The van der Waals surface area contributed by atoms with E-state index in [0.717, 1.165) is 22.2 Å². The number of nitrogens with zero attached hydrogens (tertiary/aromatic N) is 3. The summed E-state index contributed by atoms with van der Waals surface area (Å²) < 4.78 is 14.2. The standard InChI is InChI=1S/C29H28N4O5/c1-5-32-18(3)21(29(36)33-27(32)16-23(31-33)22-8-6-7-9-24(22)37-4)12-13-26(34)30-19-10-11-20-17(2)14-28(35)38-25(20)15-19/h6-11,14-16H,5,12-13H2,1-4H3,(H,30,34). The third-order valence-electron chi connectivity index (χ3n) is 6.80. The van der Waals surface area contributed by atoms with Gasteiger partial charge in [0, 0.05) is 59.1 Å². The first kappa shape index (κ1) is 25.0. The maximum Gasteiger partial charge on any atom is 0.336 e. The highest BCUT2D eigenvalue weighted by Gasteiger charge is 2.19. The van der Waals surface area contributed by atoms with Crippen molar-refractivity contribution in [1.82, 2.24) is 14.2 Å². The molecule has 9 heteroatoms. The Labute approximate surface area is 218 Å². The van der Waals surface area contributed by atoms with Crippen LogP contribution in [0.1, 0.15) is 30.2 Å². The molecule has 0 saturated heterocycles. The van der Waals surface area contributed by atoms with Crippen molar-refractivity contribution in [1.29, 1.82) is 0 Å². The molecule has 5 rings (SSSR count). The zero-order valence-electron chi connectivity index (χ0n) is 21.7. The molecule has 38 heavy (non-hydrogen) atoms. The largest absolute Gasteiger partial charge is 0.496 e. The van der Waals surface area contributed by atoms with E-state index in [1.54, 1.807) is 25.3 Å². The van der Waals surface area contributed by atoms with Gasteiger partial charge in [-0.25, -0.2) is 4.79 Å². The summed E-state index contributed by atoms with van der Waals surface area (Å²) in [6.07, 6.45) is 0.347. The van der Waals surface area contributed by atoms with Gasteiger partial charge >= 0.3 is 5.63 Å². The number of aryl methyl sites for hydroxylation is 2. The summed E-state index contributed by atoms with van der Waals surface area (Å²) in [5.74, 6) is 0.416. The van der Waals surface area contributed by atoms with Crippen LogP contribution in [0.3, 0.4) is 0 Å². The lowest BCUT2D eigenvalue weighted by Crippen LogP contribution is -2.26. The predicted molar refractivity (Wildman–Crippen MR) is 146 cm³/mol. The molecule has 0 aliphatic carbocycles. The van der Waals surface area contributed by atoms with E-state index in [-0.39, 0.29) is 24.3 Å². The van der Waals surface area contributed by atoms with Gasteiger partial charge in [0.2, 0.25) is 5.91 Å². The van der Waals surface area contributed by atoms with Gasteiger partial charge < -0.3 is 19.0 Å². The quantitative estimate of drug-likeness (QED) is 0.322. The average Bonchev–Trinajstić information content (AvgIpc) is 3.34. The van der Waals surface area contributed by atoms with E-state index in [0.29, 0.717) is 40.5 Å². The van der Waals surface area contributed by atoms with Crippen molar-refractivity contribution in [2.24, 2.45) is 0 Å². The second-order valence-corrected chi connectivity index (χ2v) is 9.12. The van der Waals surface area contributed by atoms with Gasteiger partial charge in [-0.1, -0.05) is 12.1 Å². The SMILES string of the molecule is CCn1c(C)c(CCC(=O)Nc2ccc3c(C)cc(=O)oc3c2)c(=O)n2nc(-c3ccccc3OC)cc12. The molecule has 0 saturated carbocycles. The second kappa shape index (κ2) is 10.0. The summed E-state index contributed by atoms with van der Waals surface area (Å²) in [5, 5.41) is 8.25. The molecule has 0 aliphatic rings. The number of para-hydroxylation sites is 1. The summed E-state index contributed by atoms with van der Waals surface area (Å²) in [6, 6.07) is 16.0. The van der Waals surface area contributed by atoms with Gasteiger partial charge in [-0.2, -0.15) is 9.61 Å².